The van der Waals surface area contributed by atoms with Crippen LogP contribution in [0.5, 0.6) is 0 Å². The van der Waals surface area contributed by atoms with Gasteiger partial charge in [-0.25, -0.2) is 0 Å². The largest absolute Gasteiger partial charge is 0.340 e. The normalized spacial score (nSPS) is 18.0. The van der Waals surface area contributed by atoms with E-state index in [4.69, 9.17) is 11.6 Å². The van der Waals surface area contributed by atoms with Gasteiger partial charge in [0, 0.05) is 56.5 Å². The number of hydrogen-bond donors (Lipinski definition) is 1. The number of anilines is 1. The first kappa shape index (κ1) is 23.1. The van der Waals surface area contributed by atoms with Crippen molar-refractivity contribution in [3.8, 4) is 0 Å². The van der Waals surface area contributed by atoms with Gasteiger partial charge in [0.05, 0.1) is 0 Å². The highest BCUT2D eigenvalue weighted by atomic mass is 35.5. The fourth-order valence-corrected chi connectivity index (χ4v) is 5.42. The molecule has 1 aromatic carbocycles. The summed E-state index contributed by atoms with van der Waals surface area (Å²) in [5.74, 6) is 0.337. The molecule has 172 valence electrons. The van der Waals surface area contributed by atoms with Crippen molar-refractivity contribution in [3.63, 3.8) is 0 Å². The average molecular weight is 476 g/mol. The van der Waals surface area contributed by atoms with E-state index in [0.29, 0.717) is 24.1 Å². The first-order valence-electron chi connectivity index (χ1n) is 11.4. The molecule has 1 aromatic heterocycles. The van der Waals surface area contributed by atoms with Crippen molar-refractivity contribution >= 4 is 39.9 Å². The maximum absolute atomic E-state index is 12.6. The summed E-state index contributed by atoms with van der Waals surface area (Å²) in [4.78, 5) is 29.1. The lowest BCUT2D eigenvalue weighted by Gasteiger charge is -2.34. The third-order valence-electron chi connectivity index (χ3n) is 6.25. The number of piperazine rings is 1. The molecule has 2 heterocycles. The van der Waals surface area contributed by atoms with Gasteiger partial charge in [0.1, 0.15) is 5.01 Å². The van der Waals surface area contributed by atoms with E-state index in [9.17, 15) is 9.59 Å². The van der Waals surface area contributed by atoms with Crippen LogP contribution in [-0.2, 0) is 16.1 Å². The van der Waals surface area contributed by atoms with Crippen LogP contribution in [0.3, 0.4) is 0 Å². The van der Waals surface area contributed by atoms with E-state index in [2.05, 4.69) is 20.4 Å². The first-order valence-corrected chi connectivity index (χ1v) is 12.6. The summed E-state index contributed by atoms with van der Waals surface area (Å²) in [5.41, 5.74) is 1.22. The number of rotatable bonds is 7. The van der Waals surface area contributed by atoms with E-state index < -0.39 is 0 Å². The van der Waals surface area contributed by atoms with E-state index in [1.54, 1.807) is 0 Å². The van der Waals surface area contributed by atoms with Crippen molar-refractivity contribution in [2.24, 2.45) is 0 Å². The number of nitrogens with zero attached hydrogens (tertiary/aromatic N) is 4. The van der Waals surface area contributed by atoms with Gasteiger partial charge in [-0.15, -0.1) is 10.2 Å². The number of halogens is 1. The first-order chi connectivity index (χ1) is 15.6. The number of aromatic nitrogens is 2. The molecule has 2 aromatic rings. The fourth-order valence-electron chi connectivity index (χ4n) is 4.36. The van der Waals surface area contributed by atoms with Gasteiger partial charge in [0.15, 0.2) is 0 Å². The molecule has 0 spiro atoms. The van der Waals surface area contributed by atoms with E-state index in [1.807, 2.05) is 29.2 Å². The molecule has 1 saturated heterocycles. The number of carbonyl (C=O) groups excluding carboxylic acids is 2. The molecule has 0 radical (unpaired) electrons. The molecule has 32 heavy (non-hydrogen) atoms. The number of nitrogens with one attached hydrogen (secondary N) is 1. The van der Waals surface area contributed by atoms with Gasteiger partial charge in [-0.3, -0.25) is 14.5 Å². The molecule has 2 fully saturated rings. The van der Waals surface area contributed by atoms with Gasteiger partial charge in [-0.2, -0.15) is 0 Å². The molecule has 1 aliphatic carbocycles. The third kappa shape index (κ3) is 6.49. The lowest BCUT2D eigenvalue weighted by molar-refractivity contribution is -0.134. The van der Waals surface area contributed by atoms with Crippen LogP contribution >= 0.6 is 22.9 Å². The van der Waals surface area contributed by atoms with Crippen LogP contribution in [0.2, 0.25) is 5.02 Å². The molecular formula is C23H30ClN5O2S. The zero-order chi connectivity index (χ0) is 22.3. The molecule has 7 nitrogen and oxygen atoms in total. The fraction of sp³-hybridized carbons (Fsp3) is 0.565. The molecular weight excluding hydrogens is 446 g/mol. The van der Waals surface area contributed by atoms with Gasteiger partial charge >= 0.3 is 0 Å². The van der Waals surface area contributed by atoms with Crippen LogP contribution < -0.4 is 5.32 Å². The Morgan fingerprint density at radius 1 is 1.00 bits per heavy atom. The average Bonchev–Trinajstić information content (AvgIpc) is 3.28. The Labute approximate surface area is 198 Å². The summed E-state index contributed by atoms with van der Waals surface area (Å²) in [6.45, 7) is 3.89. The number of benzene rings is 1. The summed E-state index contributed by atoms with van der Waals surface area (Å²) >= 11 is 7.42. The second kappa shape index (κ2) is 11.2. The molecule has 2 amide bonds. The lowest BCUT2D eigenvalue weighted by atomic mass is 9.90. The number of carbonyl (C=O) groups is 2. The van der Waals surface area contributed by atoms with E-state index in [0.717, 1.165) is 42.5 Å². The van der Waals surface area contributed by atoms with Gasteiger partial charge in [0.2, 0.25) is 16.9 Å². The van der Waals surface area contributed by atoms with Gasteiger partial charge in [0.25, 0.3) is 0 Å². The SMILES string of the molecule is O=C(CCC(=O)N1CCN(Cc2ccc(Cl)cc2)CC1)Nc1nnc(C2CCCCC2)s1. The van der Waals surface area contributed by atoms with Crippen LogP contribution in [0.4, 0.5) is 5.13 Å². The smallest absolute Gasteiger partial charge is 0.226 e. The van der Waals surface area contributed by atoms with Crippen LogP contribution in [0.1, 0.15) is 61.4 Å². The number of amides is 2. The minimum absolute atomic E-state index is 0.0338. The van der Waals surface area contributed by atoms with Crippen molar-refractivity contribution < 1.29 is 9.59 Å². The van der Waals surface area contributed by atoms with Crippen LogP contribution in [0.25, 0.3) is 0 Å². The third-order valence-corrected chi connectivity index (χ3v) is 7.50. The van der Waals surface area contributed by atoms with Gasteiger partial charge in [-0.05, 0) is 30.5 Å². The van der Waals surface area contributed by atoms with Crippen molar-refractivity contribution in [1.82, 2.24) is 20.0 Å². The topological polar surface area (TPSA) is 78.4 Å². The molecule has 0 unspecified atom stereocenters. The van der Waals surface area contributed by atoms with Crippen molar-refractivity contribution in [2.45, 2.75) is 57.4 Å². The van der Waals surface area contributed by atoms with E-state index >= 15 is 0 Å². The van der Waals surface area contributed by atoms with E-state index in [1.165, 1.54) is 36.2 Å². The second-order valence-electron chi connectivity index (χ2n) is 8.61. The highest BCUT2D eigenvalue weighted by Crippen LogP contribution is 2.35. The van der Waals surface area contributed by atoms with Crippen LogP contribution in [0.15, 0.2) is 24.3 Å². The zero-order valence-electron chi connectivity index (χ0n) is 18.3. The summed E-state index contributed by atoms with van der Waals surface area (Å²) in [7, 11) is 0. The molecule has 1 N–H and O–H groups in total. The standard InChI is InChI=1S/C23H30ClN5O2S/c24-19-8-6-17(7-9-19)16-28-12-14-29(15-13-28)21(31)11-10-20(30)25-23-27-26-22(32-23)18-4-2-1-3-5-18/h6-9,18H,1-5,10-16H2,(H,25,27,30). The minimum Gasteiger partial charge on any atom is -0.340 e. The Hall–Kier alpha value is -2.03. The molecule has 1 aliphatic heterocycles. The Balaban J connectivity index is 1.16. The van der Waals surface area contributed by atoms with Crippen molar-refractivity contribution in [1.29, 1.82) is 0 Å². The van der Waals surface area contributed by atoms with Crippen molar-refractivity contribution in [2.75, 3.05) is 31.5 Å². The maximum atomic E-state index is 12.6. The second-order valence-corrected chi connectivity index (χ2v) is 10.1. The van der Waals surface area contributed by atoms with Gasteiger partial charge in [-0.1, -0.05) is 54.3 Å². The molecule has 0 bridgehead atoms. The Bertz CT molecular complexity index is 905. The van der Waals surface area contributed by atoms with Crippen LogP contribution in [0, 0.1) is 0 Å². The van der Waals surface area contributed by atoms with Gasteiger partial charge < -0.3 is 10.2 Å². The quantitative estimate of drug-likeness (QED) is 0.645. The molecule has 1 saturated carbocycles. The highest BCUT2D eigenvalue weighted by Gasteiger charge is 2.23. The monoisotopic (exact) mass is 475 g/mol. The summed E-state index contributed by atoms with van der Waals surface area (Å²) in [6, 6.07) is 7.88. The number of hydrogen-bond acceptors (Lipinski definition) is 6. The summed E-state index contributed by atoms with van der Waals surface area (Å²) < 4.78 is 0. The van der Waals surface area contributed by atoms with E-state index in [-0.39, 0.29) is 24.7 Å². The van der Waals surface area contributed by atoms with Crippen LogP contribution in [-0.4, -0.2) is 58.0 Å². The Morgan fingerprint density at radius 2 is 1.72 bits per heavy atom. The molecule has 0 atom stereocenters. The molecule has 2 aliphatic rings. The summed E-state index contributed by atoms with van der Waals surface area (Å²) in [5, 5.41) is 13.5. The molecule has 9 heteroatoms. The predicted molar refractivity (Wildman–Crippen MR) is 127 cm³/mol. The minimum atomic E-state index is -0.175. The summed E-state index contributed by atoms with van der Waals surface area (Å²) in [6.07, 6.45) is 6.48. The Morgan fingerprint density at radius 3 is 2.44 bits per heavy atom. The highest BCUT2D eigenvalue weighted by molar-refractivity contribution is 7.15. The zero-order valence-corrected chi connectivity index (χ0v) is 19.8. The predicted octanol–water partition coefficient (Wildman–Crippen LogP) is 4.30. The lowest BCUT2D eigenvalue weighted by Crippen LogP contribution is -2.48. The Kier molecular flexibility index (Phi) is 8.10. The maximum Gasteiger partial charge on any atom is 0.226 e. The molecule has 4 rings (SSSR count). The van der Waals surface area contributed by atoms with Crippen molar-refractivity contribution in [3.05, 3.63) is 39.9 Å².